The first-order valence-corrected chi connectivity index (χ1v) is 32.5. The van der Waals surface area contributed by atoms with E-state index in [-0.39, 0.29) is 41.8 Å². The molecule has 2 aliphatic rings. The van der Waals surface area contributed by atoms with Gasteiger partial charge in [-0.1, -0.05) is 125 Å². The molecule has 7 rings (SSSR count). The third-order valence-corrected chi connectivity index (χ3v) is 17.1. The van der Waals surface area contributed by atoms with Crippen LogP contribution in [0.4, 0.5) is 0 Å². The Balaban J connectivity index is 0.822. The zero-order chi connectivity index (χ0) is 61.3. The average Bonchev–Trinajstić information content (AvgIpc) is 3.03. The molecule has 87 heavy (non-hydrogen) atoms. The van der Waals surface area contributed by atoms with Crippen molar-refractivity contribution in [2.24, 2.45) is 11.8 Å². The van der Waals surface area contributed by atoms with Crippen LogP contribution in [-0.2, 0) is 33.4 Å². The molecule has 5 aromatic rings. The maximum absolute atomic E-state index is 13.6. The molecule has 12 nitrogen and oxygen atoms in total. The Labute approximate surface area is 517 Å². The SMILES string of the molecule is C=CC(=O)OCCCCCCOc1ccc(-c2ccc(C3CCC(CCC(=O)Oc4ccc(C(=O)OCCCCCCCC)cc4OC(=O)CCC4CCC(c5ccc(-c6ccc(OCCCCCCOC(=O)C=C)cc6)cc5)CC4)CC3)cc2)cc1. The Morgan fingerprint density at radius 2 is 0.782 bits per heavy atom. The van der Waals surface area contributed by atoms with Crippen molar-refractivity contribution in [2.45, 2.75) is 186 Å². The van der Waals surface area contributed by atoms with Gasteiger partial charge in [-0.2, -0.15) is 0 Å². The zero-order valence-electron chi connectivity index (χ0n) is 51.7. The third kappa shape index (κ3) is 24.0. The normalized spacial score (nSPS) is 16.4. The van der Waals surface area contributed by atoms with E-state index in [1.165, 1.54) is 48.6 Å². The van der Waals surface area contributed by atoms with Crippen LogP contribution in [0, 0.1) is 11.8 Å². The molecule has 466 valence electrons. The Hall–Kier alpha value is -7.47. The van der Waals surface area contributed by atoms with Crippen LogP contribution in [0.3, 0.4) is 0 Å². The van der Waals surface area contributed by atoms with Crippen LogP contribution < -0.4 is 18.9 Å². The number of rotatable bonds is 38. The van der Waals surface area contributed by atoms with Crippen molar-refractivity contribution in [3.8, 4) is 45.3 Å². The highest BCUT2D eigenvalue weighted by Gasteiger charge is 2.26. The van der Waals surface area contributed by atoms with Gasteiger partial charge in [0.1, 0.15) is 11.5 Å². The van der Waals surface area contributed by atoms with Crippen LogP contribution in [0.1, 0.15) is 207 Å². The number of benzene rings is 5. The van der Waals surface area contributed by atoms with Crippen LogP contribution in [0.5, 0.6) is 23.0 Å². The molecule has 0 saturated heterocycles. The number of carbonyl (C=O) groups excluding carboxylic acids is 5. The maximum Gasteiger partial charge on any atom is 0.338 e. The molecule has 0 heterocycles. The summed E-state index contributed by atoms with van der Waals surface area (Å²) in [4.78, 5) is 62.7. The van der Waals surface area contributed by atoms with Crippen LogP contribution in [0.25, 0.3) is 22.3 Å². The number of carbonyl (C=O) groups is 5. The summed E-state index contributed by atoms with van der Waals surface area (Å²) in [6.07, 6.45) is 26.4. The first-order valence-electron chi connectivity index (χ1n) is 32.5. The second kappa shape index (κ2) is 37.9. The lowest BCUT2D eigenvalue weighted by Gasteiger charge is -2.29. The Kier molecular flexibility index (Phi) is 29.2. The van der Waals surface area contributed by atoms with E-state index < -0.39 is 17.9 Å². The highest BCUT2D eigenvalue weighted by molar-refractivity contribution is 5.91. The smallest absolute Gasteiger partial charge is 0.338 e. The topological polar surface area (TPSA) is 150 Å². The van der Waals surface area contributed by atoms with Crippen LogP contribution in [0.2, 0.25) is 0 Å². The van der Waals surface area contributed by atoms with Crippen molar-refractivity contribution >= 4 is 29.8 Å². The molecule has 0 N–H and O–H groups in total. The monoisotopic (exact) mass is 1190 g/mol. The Morgan fingerprint density at radius 1 is 0.414 bits per heavy atom. The van der Waals surface area contributed by atoms with Crippen molar-refractivity contribution in [3.05, 3.63) is 157 Å². The molecule has 0 spiro atoms. The number of ether oxygens (including phenoxy) is 7. The minimum Gasteiger partial charge on any atom is -0.494 e. The third-order valence-electron chi connectivity index (χ3n) is 17.1. The first kappa shape index (κ1) is 67.0. The first-order chi connectivity index (χ1) is 42.6. The molecule has 2 saturated carbocycles. The highest BCUT2D eigenvalue weighted by atomic mass is 16.6. The van der Waals surface area contributed by atoms with Crippen molar-refractivity contribution < 1.29 is 57.1 Å². The Bertz CT molecular complexity index is 2880. The molecule has 0 aliphatic heterocycles. The highest BCUT2D eigenvalue weighted by Crippen LogP contribution is 2.41. The van der Waals surface area contributed by atoms with Crippen LogP contribution in [0.15, 0.2) is 141 Å². The fourth-order valence-corrected chi connectivity index (χ4v) is 11.8. The summed E-state index contributed by atoms with van der Waals surface area (Å²) in [7, 11) is 0. The quantitative estimate of drug-likeness (QED) is 0.0122. The molecule has 2 aliphatic carbocycles. The van der Waals surface area contributed by atoms with Gasteiger partial charge in [-0.3, -0.25) is 9.59 Å². The summed E-state index contributed by atoms with van der Waals surface area (Å²) in [5, 5.41) is 0. The maximum atomic E-state index is 13.6. The predicted molar refractivity (Wildman–Crippen MR) is 343 cm³/mol. The summed E-state index contributed by atoms with van der Waals surface area (Å²) in [5.74, 6) is 1.53. The largest absolute Gasteiger partial charge is 0.494 e. The van der Waals surface area contributed by atoms with Crippen LogP contribution in [-0.4, -0.2) is 62.9 Å². The second-order valence-electron chi connectivity index (χ2n) is 23.6. The van der Waals surface area contributed by atoms with E-state index in [9.17, 15) is 24.0 Å². The fourth-order valence-electron chi connectivity index (χ4n) is 11.8. The van der Waals surface area contributed by atoms with E-state index in [0.29, 0.717) is 69.5 Å². The van der Waals surface area contributed by atoms with Gasteiger partial charge >= 0.3 is 29.8 Å². The summed E-state index contributed by atoms with van der Waals surface area (Å²) in [5.41, 5.74) is 7.52. The minimum absolute atomic E-state index is 0.0586. The molecule has 12 heteroatoms. The Morgan fingerprint density at radius 3 is 1.20 bits per heavy atom. The van der Waals surface area contributed by atoms with Crippen molar-refractivity contribution in [1.29, 1.82) is 0 Å². The number of esters is 5. The molecule has 2 fully saturated rings. The molecule has 0 atom stereocenters. The summed E-state index contributed by atoms with van der Waals surface area (Å²) in [6.45, 7) is 11.5. The lowest BCUT2D eigenvalue weighted by molar-refractivity contribution is -0.138. The van der Waals surface area contributed by atoms with Gasteiger partial charge < -0.3 is 33.2 Å². The van der Waals surface area contributed by atoms with Crippen molar-refractivity contribution in [1.82, 2.24) is 0 Å². The predicted octanol–water partition coefficient (Wildman–Crippen LogP) is 18.2. The van der Waals surface area contributed by atoms with Gasteiger partial charge in [0.25, 0.3) is 0 Å². The van der Waals surface area contributed by atoms with Crippen molar-refractivity contribution in [3.63, 3.8) is 0 Å². The van der Waals surface area contributed by atoms with Crippen molar-refractivity contribution in [2.75, 3.05) is 33.0 Å². The van der Waals surface area contributed by atoms with E-state index in [2.05, 4.69) is 92.9 Å². The van der Waals surface area contributed by atoms with Gasteiger partial charge in [0.05, 0.1) is 38.6 Å². The summed E-state index contributed by atoms with van der Waals surface area (Å²) in [6, 6.07) is 38.9. The minimum atomic E-state index is -0.501. The molecule has 0 amide bonds. The standard InChI is InChI=1S/C75H94O12/c1-4-7-8-9-10-19-54-85-75(80)66-42-47-69(86-73(78)48-24-56-20-26-58(27-21-56)60-30-34-62(35-31-60)64-38-43-67(44-39-64)81-50-15-11-13-17-52-83-71(76)5-2)70(55-66)87-74(79)49-25-57-22-28-59(29-23-57)61-32-36-63(37-33-61)65-40-45-68(46-41-65)82-51-16-12-14-18-53-84-72(77)6-3/h5-6,30-47,55-59H,2-4,7-29,48-54H2,1H3. The van der Waals surface area contributed by atoms with Gasteiger partial charge in [-0.25, -0.2) is 14.4 Å². The lowest BCUT2D eigenvalue weighted by Crippen LogP contribution is -2.18. The number of hydrogen-bond acceptors (Lipinski definition) is 12. The lowest BCUT2D eigenvalue weighted by atomic mass is 9.77. The second-order valence-corrected chi connectivity index (χ2v) is 23.6. The summed E-state index contributed by atoms with van der Waals surface area (Å²) >= 11 is 0. The summed E-state index contributed by atoms with van der Waals surface area (Å²) < 4.78 is 39.5. The van der Waals surface area contributed by atoms with Crippen LogP contribution >= 0.6 is 0 Å². The molecule has 0 radical (unpaired) electrons. The number of unbranched alkanes of at least 4 members (excludes halogenated alkanes) is 11. The fraction of sp³-hybridized carbons (Fsp3) is 0.480. The molecule has 0 aromatic heterocycles. The van der Waals surface area contributed by atoms with Gasteiger partial charge in [-0.05, 0) is 222 Å². The van der Waals surface area contributed by atoms with Gasteiger partial charge in [0.2, 0.25) is 0 Å². The van der Waals surface area contributed by atoms with E-state index >= 15 is 0 Å². The zero-order valence-corrected chi connectivity index (χ0v) is 51.7. The molecule has 0 unspecified atom stereocenters. The molecular weight excluding hydrogens is 1090 g/mol. The van der Waals surface area contributed by atoms with Gasteiger partial charge in [0, 0.05) is 25.0 Å². The van der Waals surface area contributed by atoms with Gasteiger partial charge in [0.15, 0.2) is 11.5 Å². The molecule has 0 bridgehead atoms. The number of hydrogen-bond donors (Lipinski definition) is 0. The van der Waals surface area contributed by atoms with E-state index in [1.807, 2.05) is 24.3 Å². The van der Waals surface area contributed by atoms with E-state index in [1.54, 1.807) is 12.1 Å². The van der Waals surface area contributed by atoms with E-state index in [4.69, 9.17) is 33.2 Å². The van der Waals surface area contributed by atoms with Gasteiger partial charge in [-0.15, -0.1) is 0 Å². The molecule has 5 aromatic carbocycles. The van der Waals surface area contributed by atoms with E-state index in [0.717, 1.165) is 156 Å². The average molecular weight is 1190 g/mol. The molecular formula is C75H94O12.